The number of esters is 1. The van der Waals surface area contributed by atoms with E-state index in [0.29, 0.717) is 6.07 Å². The summed E-state index contributed by atoms with van der Waals surface area (Å²) in [5.41, 5.74) is -1.25. The first kappa shape index (κ1) is 24.7. The number of aryl methyl sites for hydroxylation is 1. The number of rotatable bonds is 4. The minimum atomic E-state index is -4.66. The molecule has 1 saturated heterocycles. The lowest BCUT2D eigenvalue weighted by Crippen LogP contribution is -2.45. The van der Waals surface area contributed by atoms with Crippen LogP contribution in [0.25, 0.3) is 0 Å². The Morgan fingerprint density at radius 3 is 2.45 bits per heavy atom. The largest absolute Gasteiger partial charge is 0.469 e. The fraction of sp³-hybridized carbons (Fsp3) is 0.381. The highest BCUT2D eigenvalue weighted by Gasteiger charge is 2.43. The van der Waals surface area contributed by atoms with Crippen molar-refractivity contribution >= 4 is 35.0 Å². The normalized spacial score (nSPS) is 18.4. The van der Waals surface area contributed by atoms with E-state index in [0.717, 1.165) is 30.2 Å². The summed E-state index contributed by atoms with van der Waals surface area (Å²) >= 11 is 5.71. The Morgan fingerprint density at radius 2 is 1.85 bits per heavy atom. The van der Waals surface area contributed by atoms with Crippen LogP contribution in [-0.4, -0.2) is 43.6 Å². The molecule has 2 aromatic rings. The summed E-state index contributed by atoms with van der Waals surface area (Å²) in [6.45, 7) is 1.22. The van der Waals surface area contributed by atoms with Gasteiger partial charge in [-0.3, -0.25) is 9.59 Å². The van der Waals surface area contributed by atoms with Crippen LogP contribution in [0.15, 0.2) is 24.3 Å². The first-order valence-electron chi connectivity index (χ1n) is 9.66. The first-order chi connectivity index (χ1) is 15.3. The molecule has 12 heteroatoms. The summed E-state index contributed by atoms with van der Waals surface area (Å²) in [6.07, 6.45) is -4.77. The molecule has 2 heterocycles. The molecule has 1 aliphatic heterocycles. The quantitative estimate of drug-likeness (QED) is 0.361. The third-order valence-corrected chi connectivity index (χ3v) is 5.65. The number of pyridine rings is 1. The fourth-order valence-corrected chi connectivity index (χ4v) is 3.89. The zero-order valence-corrected chi connectivity index (χ0v) is 18.5. The van der Waals surface area contributed by atoms with Crippen molar-refractivity contribution in [2.75, 3.05) is 30.5 Å². The van der Waals surface area contributed by atoms with E-state index >= 15 is 0 Å². The topological polar surface area (TPSA) is 62.7 Å². The number of halogens is 6. The van der Waals surface area contributed by atoms with Gasteiger partial charge in [0, 0.05) is 25.4 Å². The van der Waals surface area contributed by atoms with E-state index in [1.165, 1.54) is 18.9 Å². The SMILES string of the molecule is COC(=O)[C@H]1CC(C(=O)N(C)c2cc(Cl)c(F)cc2F)N(c2cc(C(F)(F)F)cc(C)n2)C1. The molecular weight excluding hydrogens is 473 g/mol. The van der Waals surface area contributed by atoms with Crippen LogP contribution >= 0.6 is 11.6 Å². The van der Waals surface area contributed by atoms with Gasteiger partial charge in [-0.05, 0) is 31.5 Å². The van der Waals surface area contributed by atoms with Crippen LogP contribution in [-0.2, 0) is 20.5 Å². The number of amides is 1. The molecule has 2 atom stereocenters. The van der Waals surface area contributed by atoms with Crippen molar-refractivity contribution in [1.29, 1.82) is 0 Å². The van der Waals surface area contributed by atoms with Crippen molar-refractivity contribution in [2.24, 2.45) is 5.92 Å². The highest BCUT2D eigenvalue weighted by molar-refractivity contribution is 6.31. The Balaban J connectivity index is 2.03. The average Bonchev–Trinajstić information content (AvgIpc) is 3.19. The monoisotopic (exact) mass is 491 g/mol. The smallest absolute Gasteiger partial charge is 0.416 e. The van der Waals surface area contributed by atoms with Gasteiger partial charge in [-0.2, -0.15) is 13.2 Å². The van der Waals surface area contributed by atoms with Crippen LogP contribution in [0.1, 0.15) is 17.7 Å². The third-order valence-electron chi connectivity index (χ3n) is 5.36. The molecule has 1 amide bonds. The number of hydrogen-bond acceptors (Lipinski definition) is 5. The van der Waals surface area contributed by atoms with Gasteiger partial charge >= 0.3 is 12.1 Å². The van der Waals surface area contributed by atoms with Gasteiger partial charge in [0.05, 0.1) is 29.3 Å². The molecule has 1 fully saturated rings. The summed E-state index contributed by atoms with van der Waals surface area (Å²) in [6, 6.07) is 1.91. The third kappa shape index (κ3) is 5.02. The van der Waals surface area contributed by atoms with Crippen LogP contribution in [0.3, 0.4) is 0 Å². The van der Waals surface area contributed by atoms with Crippen LogP contribution in [0.2, 0.25) is 5.02 Å². The lowest BCUT2D eigenvalue weighted by Gasteiger charge is -2.29. The lowest BCUT2D eigenvalue weighted by atomic mass is 10.0. The van der Waals surface area contributed by atoms with Crippen molar-refractivity contribution in [1.82, 2.24) is 4.98 Å². The highest BCUT2D eigenvalue weighted by atomic mass is 35.5. The van der Waals surface area contributed by atoms with Crippen molar-refractivity contribution in [3.8, 4) is 0 Å². The second-order valence-electron chi connectivity index (χ2n) is 7.59. The number of likely N-dealkylation sites (N-methyl/N-ethyl adjacent to an activating group) is 1. The van der Waals surface area contributed by atoms with Gasteiger partial charge in [0.1, 0.15) is 23.5 Å². The van der Waals surface area contributed by atoms with E-state index in [9.17, 15) is 31.5 Å². The maximum atomic E-state index is 14.3. The number of aromatic nitrogens is 1. The van der Waals surface area contributed by atoms with Crippen LogP contribution < -0.4 is 9.80 Å². The summed E-state index contributed by atoms with van der Waals surface area (Å²) < 4.78 is 72.6. The van der Waals surface area contributed by atoms with E-state index in [1.807, 2.05) is 0 Å². The fourth-order valence-electron chi connectivity index (χ4n) is 3.73. The molecule has 0 radical (unpaired) electrons. The predicted molar refractivity (Wildman–Crippen MR) is 110 cm³/mol. The second kappa shape index (κ2) is 9.12. The standard InChI is InChI=1S/C21H19ClF5N3O3/c1-10-4-12(21(25,26)27)6-18(28-10)30-9-11(20(32)33-3)5-17(30)19(31)29(2)16-7-13(22)14(23)8-15(16)24/h4,6-8,11,17H,5,9H2,1-3H3/t11-,17?/m0/s1. The highest BCUT2D eigenvalue weighted by Crippen LogP contribution is 2.36. The molecule has 1 unspecified atom stereocenters. The van der Waals surface area contributed by atoms with Crippen LogP contribution in [0, 0.1) is 24.5 Å². The maximum Gasteiger partial charge on any atom is 0.416 e. The van der Waals surface area contributed by atoms with E-state index < -0.39 is 52.2 Å². The first-order valence-corrected chi connectivity index (χ1v) is 10.0. The van der Waals surface area contributed by atoms with Gasteiger partial charge < -0.3 is 14.5 Å². The Hall–Kier alpha value is -2.95. The number of anilines is 2. The summed E-state index contributed by atoms with van der Waals surface area (Å²) in [7, 11) is 2.36. The van der Waals surface area contributed by atoms with Gasteiger partial charge in [-0.1, -0.05) is 11.6 Å². The molecule has 0 N–H and O–H groups in total. The summed E-state index contributed by atoms with van der Waals surface area (Å²) in [5.74, 6) is -4.49. The van der Waals surface area contributed by atoms with Crippen molar-refractivity contribution in [3.63, 3.8) is 0 Å². The van der Waals surface area contributed by atoms with E-state index in [1.54, 1.807) is 0 Å². The number of ether oxygens (including phenoxy) is 1. The summed E-state index contributed by atoms with van der Waals surface area (Å²) in [5, 5.41) is -0.420. The van der Waals surface area contributed by atoms with Gasteiger partial charge in [0.2, 0.25) is 5.91 Å². The van der Waals surface area contributed by atoms with E-state index in [2.05, 4.69) is 4.98 Å². The van der Waals surface area contributed by atoms with Crippen molar-refractivity contribution < 1.29 is 36.3 Å². The van der Waals surface area contributed by atoms with Gasteiger partial charge in [0.15, 0.2) is 0 Å². The zero-order valence-electron chi connectivity index (χ0n) is 17.7. The van der Waals surface area contributed by atoms with Crippen molar-refractivity contribution in [3.05, 3.63) is 52.2 Å². The molecule has 33 heavy (non-hydrogen) atoms. The predicted octanol–water partition coefficient (Wildman–Crippen LogP) is 4.37. The Bertz CT molecular complexity index is 1100. The molecule has 0 saturated carbocycles. The van der Waals surface area contributed by atoms with Gasteiger partial charge in [-0.15, -0.1) is 0 Å². The van der Waals surface area contributed by atoms with E-state index in [-0.39, 0.29) is 30.2 Å². The molecule has 1 aliphatic rings. The molecule has 1 aromatic carbocycles. The summed E-state index contributed by atoms with van der Waals surface area (Å²) in [4.78, 5) is 31.7. The molecule has 1 aromatic heterocycles. The Morgan fingerprint density at radius 1 is 1.18 bits per heavy atom. The Labute approximate surface area is 190 Å². The number of alkyl halides is 3. The maximum absolute atomic E-state index is 14.3. The van der Waals surface area contributed by atoms with Crippen molar-refractivity contribution in [2.45, 2.75) is 25.6 Å². The lowest BCUT2D eigenvalue weighted by molar-refractivity contribution is -0.144. The molecule has 178 valence electrons. The van der Waals surface area contributed by atoms with Crippen LogP contribution in [0.5, 0.6) is 0 Å². The molecule has 6 nitrogen and oxygen atoms in total. The number of carbonyl (C=O) groups is 2. The molecule has 0 aliphatic carbocycles. The molecule has 3 rings (SSSR count). The molecule has 0 bridgehead atoms. The van der Waals surface area contributed by atoms with Crippen LogP contribution in [0.4, 0.5) is 33.5 Å². The average molecular weight is 492 g/mol. The zero-order chi connectivity index (χ0) is 24.7. The number of nitrogens with zero attached hydrogens (tertiary/aromatic N) is 3. The van der Waals surface area contributed by atoms with Gasteiger partial charge in [-0.25, -0.2) is 13.8 Å². The number of benzene rings is 1. The second-order valence-corrected chi connectivity index (χ2v) is 8.00. The number of methoxy groups -OCH3 is 1. The Kier molecular flexibility index (Phi) is 6.83. The van der Waals surface area contributed by atoms with Gasteiger partial charge in [0.25, 0.3) is 0 Å². The van der Waals surface area contributed by atoms with E-state index in [4.69, 9.17) is 16.3 Å². The molecule has 0 spiro atoms. The minimum Gasteiger partial charge on any atom is -0.469 e. The number of carbonyl (C=O) groups excluding carboxylic acids is 2. The number of hydrogen-bond donors (Lipinski definition) is 0. The minimum absolute atomic E-state index is 0.0530. The molecular formula is C21H19ClF5N3O3.